The van der Waals surface area contributed by atoms with Gasteiger partial charge >= 0.3 is 5.97 Å². The number of aliphatic hydroxyl groups is 1. The van der Waals surface area contributed by atoms with E-state index < -0.39 is 0 Å². The summed E-state index contributed by atoms with van der Waals surface area (Å²) in [5.74, 6) is 0.296. The molecule has 1 aliphatic rings. The summed E-state index contributed by atoms with van der Waals surface area (Å²) in [4.78, 5) is 23.0. The topological polar surface area (TPSA) is 83.8 Å². The molecule has 0 spiro atoms. The van der Waals surface area contributed by atoms with Crippen molar-refractivity contribution in [1.82, 2.24) is 0 Å². The van der Waals surface area contributed by atoms with Crippen LogP contribution in [0.25, 0.3) is 6.08 Å². The molecule has 0 aromatic heterocycles. The number of carbonyl (C=O) groups is 2. The first-order valence-corrected chi connectivity index (χ1v) is 7.93. The number of carbonyl (C=O) groups excluding carboxylic acids is 2. The van der Waals surface area contributed by atoms with Crippen molar-refractivity contribution in [3.63, 3.8) is 0 Å². The summed E-state index contributed by atoms with van der Waals surface area (Å²) < 4.78 is 4.82. The minimum atomic E-state index is -0.382. The van der Waals surface area contributed by atoms with E-state index in [1.807, 2.05) is 6.08 Å². The van der Waals surface area contributed by atoms with Crippen LogP contribution in [0.4, 0.5) is 0 Å². The fourth-order valence-electron chi connectivity index (χ4n) is 2.50. The quantitative estimate of drug-likeness (QED) is 0.539. The summed E-state index contributed by atoms with van der Waals surface area (Å²) in [6, 6.07) is 2.94. The molecule has 1 aliphatic heterocycles. The van der Waals surface area contributed by atoms with Gasteiger partial charge in [0.1, 0.15) is 22.8 Å². The lowest BCUT2D eigenvalue weighted by Gasteiger charge is -2.19. The Morgan fingerprint density at radius 3 is 2.74 bits per heavy atom. The van der Waals surface area contributed by atoms with E-state index in [9.17, 15) is 14.7 Å². The molecule has 2 rings (SSSR count). The lowest BCUT2D eigenvalue weighted by Crippen LogP contribution is -2.22. The van der Waals surface area contributed by atoms with Crippen LogP contribution in [0.15, 0.2) is 18.2 Å². The highest BCUT2D eigenvalue weighted by molar-refractivity contribution is 6.04. The molecular formula is C18H22O5. The van der Waals surface area contributed by atoms with Crippen molar-refractivity contribution in [3.8, 4) is 11.5 Å². The number of aromatic hydroxyl groups is 1. The van der Waals surface area contributed by atoms with Crippen molar-refractivity contribution in [2.45, 2.75) is 51.6 Å². The Balaban J connectivity index is 1.74. The average molecular weight is 318 g/mol. The van der Waals surface area contributed by atoms with Crippen LogP contribution in [0.5, 0.6) is 11.5 Å². The van der Waals surface area contributed by atoms with E-state index in [4.69, 9.17) is 9.84 Å². The number of benzene rings is 1. The van der Waals surface area contributed by atoms with Crippen LogP contribution in [-0.2, 0) is 4.79 Å². The molecule has 1 aromatic carbocycles. The zero-order valence-corrected chi connectivity index (χ0v) is 13.2. The Kier molecular flexibility index (Phi) is 5.93. The largest absolute Gasteiger partial charge is 0.508 e. The molecular weight excluding hydrogens is 296 g/mol. The number of rotatable bonds is 9. The third-order valence-electron chi connectivity index (χ3n) is 3.73. The number of Topliss-reactive ketones (excluding diaryl/α,β-unsaturated/α-hetero) is 1. The van der Waals surface area contributed by atoms with Crippen LogP contribution in [0.1, 0.15) is 61.4 Å². The smallest absolute Gasteiger partial charge is 0.348 e. The number of ether oxygens (including phenoxy) is 1. The number of fused-ring (bicyclic) bond motifs is 1. The summed E-state index contributed by atoms with van der Waals surface area (Å²) in [7, 11) is 0. The van der Waals surface area contributed by atoms with Gasteiger partial charge in [-0.25, -0.2) is 4.79 Å². The van der Waals surface area contributed by atoms with Crippen molar-refractivity contribution in [3.05, 3.63) is 29.3 Å². The number of unbranched alkanes of at least 4 members (excludes halogenated alkanes) is 1. The van der Waals surface area contributed by atoms with Gasteiger partial charge in [-0.1, -0.05) is 12.2 Å². The van der Waals surface area contributed by atoms with E-state index in [0.717, 1.165) is 19.3 Å². The normalized spacial score (nSPS) is 14.3. The summed E-state index contributed by atoms with van der Waals surface area (Å²) >= 11 is 0. The maximum atomic E-state index is 11.7. The van der Waals surface area contributed by atoms with Gasteiger partial charge in [0.15, 0.2) is 0 Å². The van der Waals surface area contributed by atoms with Crippen molar-refractivity contribution in [2.24, 2.45) is 0 Å². The van der Waals surface area contributed by atoms with E-state index in [0.29, 0.717) is 36.1 Å². The van der Waals surface area contributed by atoms with Gasteiger partial charge in [-0.2, -0.15) is 0 Å². The highest BCUT2D eigenvalue weighted by Gasteiger charge is 2.29. The summed E-state index contributed by atoms with van der Waals surface area (Å²) in [6.07, 6.45) is 7.20. The number of esters is 1. The second-order valence-corrected chi connectivity index (χ2v) is 5.87. The van der Waals surface area contributed by atoms with Crippen LogP contribution < -0.4 is 4.74 Å². The van der Waals surface area contributed by atoms with E-state index in [1.165, 1.54) is 12.1 Å². The molecule has 124 valence electrons. The molecule has 2 N–H and O–H groups in total. The Hall–Kier alpha value is -2.14. The SMILES string of the molecule is C[C@H](O)CCCC(=O)CCC/C=C/c1cc(O)cc2c1C(=O)O2. The first-order valence-electron chi connectivity index (χ1n) is 7.93. The monoisotopic (exact) mass is 318 g/mol. The first kappa shape index (κ1) is 17.2. The van der Waals surface area contributed by atoms with Gasteiger partial charge < -0.3 is 14.9 Å². The Morgan fingerprint density at radius 2 is 2.04 bits per heavy atom. The molecule has 5 nitrogen and oxygen atoms in total. The van der Waals surface area contributed by atoms with Crippen molar-refractivity contribution >= 4 is 17.8 Å². The maximum Gasteiger partial charge on any atom is 0.348 e. The van der Waals surface area contributed by atoms with E-state index >= 15 is 0 Å². The maximum absolute atomic E-state index is 11.7. The molecule has 0 saturated carbocycles. The van der Waals surface area contributed by atoms with Gasteiger partial charge in [-0.15, -0.1) is 0 Å². The molecule has 0 fully saturated rings. The molecule has 23 heavy (non-hydrogen) atoms. The van der Waals surface area contributed by atoms with E-state index in [1.54, 1.807) is 13.0 Å². The molecule has 1 atom stereocenters. The van der Waals surface area contributed by atoms with Gasteiger partial charge in [-0.3, -0.25) is 4.79 Å². The number of hydrogen-bond acceptors (Lipinski definition) is 5. The molecule has 5 heteroatoms. The second-order valence-electron chi connectivity index (χ2n) is 5.87. The summed E-state index contributed by atoms with van der Waals surface area (Å²) in [5, 5.41) is 18.7. The predicted octanol–water partition coefficient (Wildman–Crippen LogP) is 3.23. The van der Waals surface area contributed by atoms with Gasteiger partial charge in [0, 0.05) is 18.9 Å². The van der Waals surface area contributed by atoms with Crippen LogP contribution in [0.3, 0.4) is 0 Å². The molecule has 0 saturated heterocycles. The summed E-state index contributed by atoms with van der Waals surface area (Å²) in [6.45, 7) is 1.72. The second kappa shape index (κ2) is 7.92. The summed E-state index contributed by atoms with van der Waals surface area (Å²) in [5.41, 5.74) is 1.13. The van der Waals surface area contributed by atoms with Gasteiger partial charge in [0.05, 0.1) is 6.10 Å². The molecule has 0 amide bonds. The van der Waals surface area contributed by atoms with Crippen molar-refractivity contribution in [2.75, 3.05) is 0 Å². The lowest BCUT2D eigenvalue weighted by molar-refractivity contribution is -0.119. The number of ketones is 1. The first-order chi connectivity index (χ1) is 11.0. The average Bonchev–Trinajstić information content (AvgIpc) is 2.45. The van der Waals surface area contributed by atoms with Crippen molar-refractivity contribution in [1.29, 1.82) is 0 Å². The van der Waals surface area contributed by atoms with E-state index in [2.05, 4.69) is 0 Å². The fraction of sp³-hybridized carbons (Fsp3) is 0.444. The minimum absolute atomic E-state index is 0.0594. The van der Waals surface area contributed by atoms with Crippen LogP contribution in [0, 0.1) is 0 Å². The Morgan fingerprint density at radius 1 is 1.30 bits per heavy atom. The third kappa shape index (κ3) is 4.93. The highest BCUT2D eigenvalue weighted by atomic mass is 16.6. The molecule has 0 unspecified atom stereocenters. The van der Waals surface area contributed by atoms with Crippen LogP contribution in [-0.4, -0.2) is 28.1 Å². The fourth-order valence-corrected chi connectivity index (χ4v) is 2.50. The van der Waals surface area contributed by atoms with Crippen LogP contribution in [0.2, 0.25) is 0 Å². The molecule has 0 bridgehead atoms. The number of phenolic OH excluding ortho intramolecular Hbond substituents is 1. The minimum Gasteiger partial charge on any atom is -0.508 e. The standard InChI is InChI=1S/C18H22O5/c1-12(19)6-5-9-14(20)8-4-2-3-7-13-10-15(21)11-16-17(13)18(22)23-16/h3,7,10-12,19,21H,2,4-6,8-9H2,1H3/b7-3+/t12-/m0/s1. The Bertz CT molecular complexity index is 616. The number of allylic oxidation sites excluding steroid dienone is 1. The number of aliphatic hydroxyl groups excluding tert-OH is 1. The number of hydrogen-bond donors (Lipinski definition) is 2. The number of phenols is 1. The Labute approximate surface area is 135 Å². The molecule has 0 aliphatic carbocycles. The third-order valence-corrected chi connectivity index (χ3v) is 3.73. The zero-order valence-electron chi connectivity index (χ0n) is 13.2. The van der Waals surface area contributed by atoms with E-state index in [-0.39, 0.29) is 23.6 Å². The molecule has 1 aromatic rings. The van der Waals surface area contributed by atoms with Crippen LogP contribution >= 0.6 is 0 Å². The molecule has 1 heterocycles. The highest BCUT2D eigenvalue weighted by Crippen LogP contribution is 2.36. The van der Waals surface area contributed by atoms with Gasteiger partial charge in [0.2, 0.25) is 0 Å². The molecule has 0 radical (unpaired) electrons. The van der Waals surface area contributed by atoms with Gasteiger partial charge in [0.25, 0.3) is 0 Å². The predicted molar refractivity (Wildman–Crippen MR) is 86.5 cm³/mol. The van der Waals surface area contributed by atoms with Gasteiger partial charge in [-0.05, 0) is 44.2 Å². The van der Waals surface area contributed by atoms with Crippen molar-refractivity contribution < 1.29 is 24.5 Å². The zero-order chi connectivity index (χ0) is 16.8. The lowest BCUT2D eigenvalue weighted by atomic mass is 10.0.